The van der Waals surface area contributed by atoms with Crippen LogP contribution >= 0.6 is 0 Å². The van der Waals surface area contributed by atoms with E-state index in [1.165, 1.54) is 44.2 Å². The normalized spacial score (nSPS) is 23.4. The van der Waals surface area contributed by atoms with Crippen molar-refractivity contribution in [1.82, 2.24) is 4.90 Å². The van der Waals surface area contributed by atoms with E-state index >= 15 is 0 Å². The van der Waals surface area contributed by atoms with E-state index in [0.29, 0.717) is 36.0 Å². The zero-order valence-electron chi connectivity index (χ0n) is 20.0. The minimum atomic E-state index is -4.41. The average Bonchev–Trinajstić information content (AvgIpc) is 2.88. The summed E-state index contributed by atoms with van der Waals surface area (Å²) in [6.07, 6.45) is 2.00. The van der Waals surface area contributed by atoms with Crippen molar-refractivity contribution in [3.05, 3.63) is 53.6 Å². The number of nitrogens with one attached hydrogen (secondary N) is 1. The summed E-state index contributed by atoms with van der Waals surface area (Å²) in [5, 5.41) is 3.00. The van der Waals surface area contributed by atoms with Gasteiger partial charge in [-0.2, -0.15) is 13.2 Å². The van der Waals surface area contributed by atoms with Crippen molar-refractivity contribution in [3.8, 4) is 5.75 Å². The first-order valence-corrected chi connectivity index (χ1v) is 12.5. The minimum absolute atomic E-state index is 0.0758. The Bertz CT molecular complexity index is 1050. The Hall–Kier alpha value is -2.74. The Kier molecular flexibility index (Phi) is 6.66. The Balaban J connectivity index is 1.43. The quantitative estimate of drug-likeness (QED) is 0.632. The van der Waals surface area contributed by atoms with Crippen molar-refractivity contribution in [2.45, 2.75) is 56.8 Å². The Morgan fingerprint density at radius 2 is 1.77 bits per heavy atom. The number of ether oxygens (including phenoxy) is 1. The molecule has 1 aliphatic carbocycles. The van der Waals surface area contributed by atoms with Gasteiger partial charge in [0.25, 0.3) is 0 Å². The van der Waals surface area contributed by atoms with E-state index in [1.54, 1.807) is 37.4 Å². The maximum atomic E-state index is 13.5. The number of benzene rings is 2. The number of carbonyl (C=O) groups excluding carboxylic acids is 1. The number of amides is 1. The first-order chi connectivity index (χ1) is 16.8. The van der Waals surface area contributed by atoms with E-state index in [-0.39, 0.29) is 11.9 Å². The molecule has 1 saturated heterocycles. The summed E-state index contributed by atoms with van der Waals surface area (Å²) < 4.78 is 45.5. The van der Waals surface area contributed by atoms with Crippen LogP contribution in [-0.4, -0.2) is 49.6 Å². The predicted molar refractivity (Wildman–Crippen MR) is 130 cm³/mol. The second kappa shape index (κ2) is 9.72. The molecular formula is C27H32F3N3O2. The molecule has 2 aliphatic heterocycles. The summed E-state index contributed by atoms with van der Waals surface area (Å²) in [4.78, 5) is 18.2. The highest BCUT2D eigenvalue weighted by Gasteiger charge is 2.43. The number of alkyl halides is 3. The molecular weight excluding hydrogens is 455 g/mol. The highest BCUT2D eigenvalue weighted by Crippen LogP contribution is 2.40. The zero-order valence-corrected chi connectivity index (χ0v) is 20.0. The zero-order chi connectivity index (χ0) is 24.6. The standard InChI is InChI=1S/C27H32F3N3O2/c1-35-22-10-8-20(9-11-22)31-26(34)23-16-18-15-19(27(28,29)30)7-12-24(18)33-14-13-32(17-25(23)33)21-5-3-2-4-6-21/h7-12,15,21,23,25H,2-6,13-14,16-17H2,1H3,(H,31,34). The number of hydrogen-bond donors (Lipinski definition) is 1. The van der Waals surface area contributed by atoms with Crippen LogP contribution in [0.1, 0.15) is 43.2 Å². The van der Waals surface area contributed by atoms with Crippen molar-refractivity contribution in [1.29, 1.82) is 0 Å². The topological polar surface area (TPSA) is 44.8 Å². The molecule has 5 rings (SSSR count). The Labute approximate surface area is 204 Å². The third-order valence-electron chi connectivity index (χ3n) is 7.86. The number of carbonyl (C=O) groups is 1. The molecule has 3 aliphatic rings. The fourth-order valence-corrected chi connectivity index (χ4v) is 6.01. The largest absolute Gasteiger partial charge is 0.497 e. The fourth-order valence-electron chi connectivity index (χ4n) is 6.01. The maximum absolute atomic E-state index is 13.5. The van der Waals surface area contributed by atoms with Gasteiger partial charge in [0.1, 0.15) is 5.75 Å². The van der Waals surface area contributed by atoms with E-state index in [0.717, 1.165) is 18.8 Å². The molecule has 2 heterocycles. The van der Waals surface area contributed by atoms with Crippen LogP contribution in [0.15, 0.2) is 42.5 Å². The first kappa shape index (κ1) is 24.0. The molecule has 0 bridgehead atoms. The number of hydrogen-bond acceptors (Lipinski definition) is 4. The summed E-state index contributed by atoms with van der Waals surface area (Å²) >= 11 is 0. The summed E-state index contributed by atoms with van der Waals surface area (Å²) in [6, 6.07) is 11.6. The molecule has 35 heavy (non-hydrogen) atoms. The highest BCUT2D eigenvalue weighted by atomic mass is 19.4. The molecule has 1 amide bonds. The van der Waals surface area contributed by atoms with Gasteiger partial charge in [-0.1, -0.05) is 19.3 Å². The summed E-state index contributed by atoms with van der Waals surface area (Å²) in [7, 11) is 1.58. The number of halogens is 3. The summed E-state index contributed by atoms with van der Waals surface area (Å²) in [6.45, 7) is 2.34. The van der Waals surface area contributed by atoms with Gasteiger partial charge in [-0.15, -0.1) is 0 Å². The Morgan fingerprint density at radius 3 is 2.46 bits per heavy atom. The van der Waals surface area contributed by atoms with Crippen LogP contribution in [0.2, 0.25) is 0 Å². The van der Waals surface area contributed by atoms with Crippen LogP contribution in [0.4, 0.5) is 24.5 Å². The molecule has 2 aromatic rings. The average molecular weight is 488 g/mol. The van der Waals surface area contributed by atoms with E-state index in [2.05, 4.69) is 15.1 Å². The lowest BCUT2D eigenvalue weighted by Crippen LogP contribution is -2.62. The lowest BCUT2D eigenvalue weighted by atomic mass is 9.82. The molecule has 1 saturated carbocycles. The third kappa shape index (κ3) is 4.99. The van der Waals surface area contributed by atoms with Crippen molar-refractivity contribution in [2.24, 2.45) is 5.92 Å². The smallest absolute Gasteiger partial charge is 0.416 e. The van der Waals surface area contributed by atoms with Crippen LogP contribution in [-0.2, 0) is 17.4 Å². The van der Waals surface area contributed by atoms with Gasteiger partial charge in [-0.3, -0.25) is 9.69 Å². The van der Waals surface area contributed by atoms with Crippen LogP contribution in [0.5, 0.6) is 5.75 Å². The van der Waals surface area contributed by atoms with E-state index in [1.807, 2.05) is 0 Å². The van der Waals surface area contributed by atoms with Crippen molar-refractivity contribution >= 4 is 17.3 Å². The molecule has 0 aromatic heterocycles. The summed E-state index contributed by atoms with van der Waals surface area (Å²) in [5.41, 5.74) is 1.42. The molecule has 8 heteroatoms. The van der Waals surface area contributed by atoms with E-state index < -0.39 is 17.7 Å². The number of fused-ring (bicyclic) bond motifs is 3. The van der Waals surface area contributed by atoms with Crippen LogP contribution in [0.25, 0.3) is 0 Å². The number of anilines is 2. The van der Waals surface area contributed by atoms with Crippen LogP contribution in [0, 0.1) is 5.92 Å². The second-order valence-corrected chi connectivity index (χ2v) is 9.92. The fraction of sp³-hybridized carbons (Fsp3) is 0.519. The number of rotatable bonds is 4. The second-order valence-electron chi connectivity index (χ2n) is 9.92. The van der Waals surface area contributed by atoms with Gasteiger partial charge in [-0.25, -0.2) is 0 Å². The van der Waals surface area contributed by atoms with Gasteiger partial charge in [0.15, 0.2) is 0 Å². The third-order valence-corrected chi connectivity index (χ3v) is 7.86. The molecule has 188 valence electrons. The van der Waals surface area contributed by atoms with Gasteiger partial charge < -0.3 is 15.0 Å². The number of methoxy groups -OCH3 is 1. The monoisotopic (exact) mass is 487 g/mol. The van der Waals surface area contributed by atoms with Crippen molar-refractivity contribution < 1.29 is 22.7 Å². The van der Waals surface area contributed by atoms with Crippen LogP contribution in [0.3, 0.4) is 0 Å². The number of piperazine rings is 1. The van der Waals surface area contributed by atoms with E-state index in [4.69, 9.17) is 4.74 Å². The number of nitrogens with zero attached hydrogens (tertiary/aromatic N) is 2. The van der Waals surface area contributed by atoms with Crippen LogP contribution < -0.4 is 15.0 Å². The molecule has 2 aromatic carbocycles. The molecule has 2 unspecified atom stereocenters. The lowest BCUT2D eigenvalue weighted by molar-refractivity contribution is -0.137. The minimum Gasteiger partial charge on any atom is -0.497 e. The molecule has 5 nitrogen and oxygen atoms in total. The molecule has 0 spiro atoms. The molecule has 2 fully saturated rings. The van der Waals surface area contributed by atoms with Gasteiger partial charge >= 0.3 is 6.18 Å². The van der Waals surface area contributed by atoms with Gasteiger partial charge in [0.2, 0.25) is 5.91 Å². The van der Waals surface area contributed by atoms with Gasteiger partial charge in [0, 0.05) is 37.1 Å². The lowest BCUT2D eigenvalue weighted by Gasteiger charge is -2.51. The molecule has 2 atom stereocenters. The van der Waals surface area contributed by atoms with E-state index in [9.17, 15) is 18.0 Å². The molecule has 1 N–H and O–H groups in total. The predicted octanol–water partition coefficient (Wildman–Crippen LogP) is 5.35. The van der Waals surface area contributed by atoms with Crippen molar-refractivity contribution in [2.75, 3.05) is 37.0 Å². The van der Waals surface area contributed by atoms with Crippen molar-refractivity contribution in [3.63, 3.8) is 0 Å². The summed E-state index contributed by atoms with van der Waals surface area (Å²) in [5.74, 6) is 0.0917. The first-order valence-electron chi connectivity index (χ1n) is 12.5. The SMILES string of the molecule is COc1ccc(NC(=O)C2Cc3cc(C(F)(F)F)ccc3N3CCN(C4CCCCC4)CC23)cc1. The van der Waals surface area contributed by atoms with Gasteiger partial charge in [0.05, 0.1) is 24.6 Å². The van der Waals surface area contributed by atoms with Gasteiger partial charge in [-0.05, 0) is 67.3 Å². The Morgan fingerprint density at radius 1 is 1.03 bits per heavy atom. The maximum Gasteiger partial charge on any atom is 0.416 e. The highest BCUT2D eigenvalue weighted by molar-refractivity contribution is 5.94. The molecule has 0 radical (unpaired) electrons.